The minimum absolute atomic E-state index is 1.25. The average molecular weight is 246 g/mol. The van der Waals surface area contributed by atoms with Crippen molar-refractivity contribution < 1.29 is 4.57 Å². The number of hydrogen-bond acceptors (Lipinski definition) is 0. The maximum Gasteiger partial charge on any atom is 0.169 e. The van der Waals surface area contributed by atoms with E-state index in [1.807, 2.05) is 17.7 Å². The lowest BCUT2D eigenvalue weighted by atomic mass is 10.0. The van der Waals surface area contributed by atoms with Crippen LogP contribution in [0.2, 0.25) is 0 Å². The summed E-state index contributed by atoms with van der Waals surface area (Å²) in [7, 11) is 2.03. The monoisotopic (exact) mass is 246 g/mol. The molecule has 19 heavy (non-hydrogen) atoms. The van der Waals surface area contributed by atoms with E-state index in [4.69, 9.17) is 0 Å². The molecule has 0 aliphatic heterocycles. The molecule has 1 heteroatoms. The first-order valence-corrected chi connectivity index (χ1v) is 6.44. The molecule has 3 aromatic rings. The molecule has 0 radical (unpaired) electrons. The van der Waals surface area contributed by atoms with Crippen molar-refractivity contribution in [2.24, 2.45) is 7.05 Å². The molecule has 2 aromatic carbocycles. The first-order valence-electron chi connectivity index (χ1n) is 6.44. The summed E-state index contributed by atoms with van der Waals surface area (Å²) in [5, 5.41) is 0. The van der Waals surface area contributed by atoms with Crippen molar-refractivity contribution in [1.82, 2.24) is 0 Å². The van der Waals surface area contributed by atoms with E-state index in [2.05, 4.69) is 73.1 Å². The standard InChI is InChI=1S/C18H16N/c1-19-13-11-18(12-14-19)17-9-7-16(8-10-17)15-5-3-2-4-6-15/h2-14H,1H3/q+1. The number of hydrogen-bond donors (Lipinski definition) is 0. The van der Waals surface area contributed by atoms with E-state index < -0.39 is 0 Å². The van der Waals surface area contributed by atoms with Crippen LogP contribution < -0.4 is 4.57 Å². The Kier molecular flexibility index (Phi) is 3.11. The Morgan fingerprint density at radius 1 is 0.526 bits per heavy atom. The smallest absolute Gasteiger partial charge is 0.169 e. The van der Waals surface area contributed by atoms with Gasteiger partial charge in [-0.3, -0.25) is 0 Å². The van der Waals surface area contributed by atoms with Gasteiger partial charge in [0, 0.05) is 12.1 Å². The van der Waals surface area contributed by atoms with Crippen LogP contribution in [0.1, 0.15) is 0 Å². The van der Waals surface area contributed by atoms with E-state index in [1.165, 1.54) is 22.3 Å². The molecule has 0 amide bonds. The van der Waals surface area contributed by atoms with E-state index in [1.54, 1.807) is 0 Å². The lowest BCUT2D eigenvalue weighted by Gasteiger charge is -2.04. The highest BCUT2D eigenvalue weighted by molar-refractivity contribution is 5.69. The number of aryl methyl sites for hydroxylation is 1. The quantitative estimate of drug-likeness (QED) is 0.605. The molecule has 0 bridgehead atoms. The van der Waals surface area contributed by atoms with Gasteiger partial charge in [-0.1, -0.05) is 54.6 Å². The Labute approximate surface area is 113 Å². The lowest BCUT2D eigenvalue weighted by molar-refractivity contribution is -0.671. The van der Waals surface area contributed by atoms with Crippen molar-refractivity contribution in [3.8, 4) is 22.3 Å². The highest BCUT2D eigenvalue weighted by Gasteiger charge is 2.01. The van der Waals surface area contributed by atoms with Gasteiger partial charge in [0.2, 0.25) is 0 Å². The maximum atomic E-state index is 2.18. The van der Waals surface area contributed by atoms with Crippen LogP contribution in [0.25, 0.3) is 22.3 Å². The number of rotatable bonds is 2. The van der Waals surface area contributed by atoms with E-state index >= 15 is 0 Å². The van der Waals surface area contributed by atoms with Gasteiger partial charge < -0.3 is 0 Å². The summed E-state index contributed by atoms with van der Waals surface area (Å²) in [6, 6.07) is 23.4. The van der Waals surface area contributed by atoms with Crippen LogP contribution in [0.5, 0.6) is 0 Å². The summed E-state index contributed by atoms with van der Waals surface area (Å²) >= 11 is 0. The summed E-state index contributed by atoms with van der Waals surface area (Å²) in [6.07, 6.45) is 4.14. The summed E-state index contributed by atoms with van der Waals surface area (Å²) in [6.45, 7) is 0. The van der Waals surface area contributed by atoms with Crippen LogP contribution in [0.3, 0.4) is 0 Å². The average Bonchev–Trinajstić information content (AvgIpc) is 2.49. The van der Waals surface area contributed by atoms with Gasteiger partial charge in [0.25, 0.3) is 0 Å². The molecular formula is C18H16N+. The van der Waals surface area contributed by atoms with Crippen LogP contribution in [0.15, 0.2) is 79.1 Å². The highest BCUT2D eigenvalue weighted by Crippen LogP contribution is 2.23. The second-order valence-corrected chi connectivity index (χ2v) is 4.70. The zero-order valence-corrected chi connectivity index (χ0v) is 11.0. The van der Waals surface area contributed by atoms with Crippen molar-refractivity contribution in [3.05, 3.63) is 79.1 Å². The van der Waals surface area contributed by atoms with E-state index in [0.717, 1.165) is 0 Å². The van der Waals surface area contributed by atoms with Gasteiger partial charge in [0.1, 0.15) is 7.05 Å². The Balaban J connectivity index is 1.93. The topological polar surface area (TPSA) is 3.88 Å². The molecule has 3 rings (SSSR count). The first-order chi connectivity index (χ1) is 9.33. The van der Waals surface area contributed by atoms with Gasteiger partial charge in [-0.05, 0) is 22.3 Å². The SMILES string of the molecule is C[n+]1ccc(-c2ccc(-c3ccccc3)cc2)cc1. The molecule has 0 aliphatic rings. The molecule has 0 fully saturated rings. The van der Waals surface area contributed by atoms with Crippen molar-refractivity contribution in [1.29, 1.82) is 0 Å². The fourth-order valence-electron chi connectivity index (χ4n) is 2.18. The fourth-order valence-corrected chi connectivity index (χ4v) is 2.18. The molecule has 0 unspecified atom stereocenters. The molecule has 0 saturated carbocycles. The Morgan fingerprint density at radius 2 is 0.947 bits per heavy atom. The minimum atomic E-state index is 1.25. The van der Waals surface area contributed by atoms with Crippen LogP contribution >= 0.6 is 0 Å². The second-order valence-electron chi connectivity index (χ2n) is 4.70. The molecular weight excluding hydrogens is 230 g/mol. The molecule has 0 spiro atoms. The number of benzene rings is 2. The second kappa shape index (κ2) is 5.07. The first kappa shape index (κ1) is 11.7. The fraction of sp³-hybridized carbons (Fsp3) is 0.0556. The van der Waals surface area contributed by atoms with Crippen LogP contribution in [-0.4, -0.2) is 0 Å². The predicted molar refractivity (Wildman–Crippen MR) is 78.5 cm³/mol. The third-order valence-corrected chi connectivity index (χ3v) is 3.30. The van der Waals surface area contributed by atoms with Gasteiger partial charge in [-0.25, -0.2) is 4.57 Å². The molecule has 1 aromatic heterocycles. The Bertz CT molecular complexity index is 652. The zero-order chi connectivity index (χ0) is 13.1. The van der Waals surface area contributed by atoms with Crippen molar-refractivity contribution in [2.75, 3.05) is 0 Å². The molecule has 0 atom stereocenters. The third-order valence-electron chi connectivity index (χ3n) is 3.30. The minimum Gasteiger partial charge on any atom is -0.208 e. The highest BCUT2D eigenvalue weighted by atomic mass is 14.9. The van der Waals surface area contributed by atoms with Crippen LogP contribution in [-0.2, 0) is 7.05 Å². The van der Waals surface area contributed by atoms with Crippen molar-refractivity contribution in [3.63, 3.8) is 0 Å². The van der Waals surface area contributed by atoms with Crippen LogP contribution in [0, 0.1) is 0 Å². The van der Waals surface area contributed by atoms with Gasteiger partial charge in [-0.15, -0.1) is 0 Å². The molecule has 0 N–H and O–H groups in total. The molecule has 92 valence electrons. The molecule has 0 saturated heterocycles. The number of nitrogens with zero attached hydrogens (tertiary/aromatic N) is 1. The molecule has 0 aliphatic carbocycles. The summed E-state index contributed by atoms with van der Waals surface area (Å²) in [5.74, 6) is 0. The third kappa shape index (κ3) is 2.55. The largest absolute Gasteiger partial charge is 0.208 e. The number of pyridine rings is 1. The van der Waals surface area contributed by atoms with E-state index in [-0.39, 0.29) is 0 Å². The summed E-state index contributed by atoms with van der Waals surface area (Å²) in [5.41, 5.74) is 5.01. The van der Waals surface area contributed by atoms with Gasteiger partial charge in [0.15, 0.2) is 12.4 Å². The van der Waals surface area contributed by atoms with Crippen molar-refractivity contribution >= 4 is 0 Å². The normalized spacial score (nSPS) is 10.4. The zero-order valence-electron chi connectivity index (χ0n) is 11.0. The van der Waals surface area contributed by atoms with Gasteiger partial charge in [-0.2, -0.15) is 0 Å². The molecule has 1 heterocycles. The van der Waals surface area contributed by atoms with E-state index in [9.17, 15) is 0 Å². The van der Waals surface area contributed by atoms with Crippen LogP contribution in [0.4, 0.5) is 0 Å². The summed E-state index contributed by atoms with van der Waals surface area (Å²) < 4.78 is 2.04. The van der Waals surface area contributed by atoms with Crippen molar-refractivity contribution in [2.45, 2.75) is 0 Å². The predicted octanol–water partition coefficient (Wildman–Crippen LogP) is 3.85. The lowest BCUT2D eigenvalue weighted by Crippen LogP contribution is -2.25. The Hall–Kier alpha value is -2.41. The summed E-state index contributed by atoms with van der Waals surface area (Å²) in [4.78, 5) is 0. The Morgan fingerprint density at radius 3 is 1.47 bits per heavy atom. The van der Waals surface area contributed by atoms with Gasteiger partial charge in [0.05, 0.1) is 0 Å². The van der Waals surface area contributed by atoms with Gasteiger partial charge >= 0.3 is 0 Å². The molecule has 1 nitrogen and oxygen atoms in total. The van der Waals surface area contributed by atoms with E-state index in [0.29, 0.717) is 0 Å². The maximum absolute atomic E-state index is 2.18. The number of aromatic nitrogens is 1.